The first kappa shape index (κ1) is 16.6. The van der Waals surface area contributed by atoms with Gasteiger partial charge in [0, 0.05) is 29.4 Å². The van der Waals surface area contributed by atoms with E-state index in [1.165, 1.54) is 30.3 Å². The van der Waals surface area contributed by atoms with Crippen LogP contribution in [0, 0.1) is 5.92 Å². The highest BCUT2D eigenvalue weighted by molar-refractivity contribution is 5.92. The highest BCUT2D eigenvalue weighted by atomic mass is 16.5. The van der Waals surface area contributed by atoms with Gasteiger partial charge in [0.25, 0.3) is 0 Å². The maximum atomic E-state index is 5.82. The van der Waals surface area contributed by atoms with Crippen LogP contribution < -0.4 is 10.1 Å². The van der Waals surface area contributed by atoms with Gasteiger partial charge < -0.3 is 10.1 Å². The van der Waals surface area contributed by atoms with Gasteiger partial charge in [0.15, 0.2) is 0 Å². The molecule has 3 heteroatoms. The van der Waals surface area contributed by atoms with Crippen LogP contribution in [-0.2, 0) is 6.42 Å². The molecule has 5 rings (SSSR count). The average molecular weight is 358 g/mol. The van der Waals surface area contributed by atoms with Gasteiger partial charge in [0.05, 0.1) is 11.6 Å². The van der Waals surface area contributed by atoms with Crippen molar-refractivity contribution < 1.29 is 4.74 Å². The third-order valence-electron chi connectivity index (χ3n) is 6.17. The van der Waals surface area contributed by atoms with Crippen LogP contribution in [0.15, 0.2) is 54.7 Å². The monoisotopic (exact) mass is 358 g/mol. The quantitative estimate of drug-likeness (QED) is 0.664. The standard InChI is InChI=1S/C24H26N2O/c1-15(2)27-17-8-10-20-22(11-12-25-23(20)13-17)26-24-14-21-18-6-4-3-5-16(18)7-9-19(21)24/h3-6,8,10-13,15,19,21,24H,7,9,14H2,1-2H3,(H,25,26). The van der Waals surface area contributed by atoms with Crippen molar-refractivity contribution in [2.45, 2.75) is 51.2 Å². The van der Waals surface area contributed by atoms with Gasteiger partial charge >= 0.3 is 0 Å². The molecule has 0 amide bonds. The van der Waals surface area contributed by atoms with E-state index < -0.39 is 0 Å². The first-order valence-corrected chi connectivity index (χ1v) is 10.1. The van der Waals surface area contributed by atoms with Gasteiger partial charge in [-0.05, 0) is 74.3 Å². The minimum Gasteiger partial charge on any atom is -0.491 e. The first-order valence-electron chi connectivity index (χ1n) is 10.1. The fourth-order valence-electron chi connectivity index (χ4n) is 4.88. The van der Waals surface area contributed by atoms with Crippen LogP contribution in [0.25, 0.3) is 10.9 Å². The number of ether oxygens (including phenoxy) is 1. The second-order valence-corrected chi connectivity index (χ2v) is 8.20. The van der Waals surface area contributed by atoms with E-state index in [-0.39, 0.29) is 6.10 Å². The Hall–Kier alpha value is -2.55. The fourth-order valence-corrected chi connectivity index (χ4v) is 4.88. The molecule has 3 unspecified atom stereocenters. The van der Waals surface area contributed by atoms with Gasteiger partial charge in [-0.15, -0.1) is 0 Å². The average Bonchev–Trinajstić information content (AvgIpc) is 2.65. The molecule has 1 fully saturated rings. The number of nitrogens with one attached hydrogen (secondary N) is 1. The molecule has 0 aliphatic heterocycles. The molecule has 27 heavy (non-hydrogen) atoms. The SMILES string of the molecule is CC(C)Oc1ccc2c(NC3CC4c5ccccc5CCC34)ccnc2c1. The van der Waals surface area contributed by atoms with E-state index in [9.17, 15) is 0 Å². The van der Waals surface area contributed by atoms with Crippen molar-refractivity contribution in [1.82, 2.24) is 4.98 Å². The van der Waals surface area contributed by atoms with Crippen LogP contribution in [-0.4, -0.2) is 17.1 Å². The van der Waals surface area contributed by atoms with Crippen molar-refractivity contribution >= 4 is 16.6 Å². The summed E-state index contributed by atoms with van der Waals surface area (Å²) in [4.78, 5) is 4.55. The summed E-state index contributed by atoms with van der Waals surface area (Å²) in [5, 5.41) is 5.01. The van der Waals surface area contributed by atoms with E-state index in [4.69, 9.17) is 4.74 Å². The number of hydrogen-bond donors (Lipinski definition) is 1. The lowest BCUT2D eigenvalue weighted by molar-refractivity contribution is 0.194. The molecule has 1 saturated carbocycles. The van der Waals surface area contributed by atoms with Gasteiger partial charge in [0.2, 0.25) is 0 Å². The second-order valence-electron chi connectivity index (χ2n) is 8.20. The molecule has 0 bridgehead atoms. The second kappa shape index (κ2) is 6.56. The molecule has 1 heterocycles. The number of hydrogen-bond acceptors (Lipinski definition) is 3. The van der Waals surface area contributed by atoms with Gasteiger partial charge in [-0.1, -0.05) is 24.3 Å². The number of fused-ring (bicyclic) bond motifs is 4. The summed E-state index contributed by atoms with van der Waals surface area (Å²) >= 11 is 0. The Morgan fingerprint density at radius 1 is 1.11 bits per heavy atom. The van der Waals surface area contributed by atoms with Crippen molar-refractivity contribution in [2.24, 2.45) is 5.92 Å². The van der Waals surface area contributed by atoms with E-state index in [2.05, 4.69) is 52.8 Å². The van der Waals surface area contributed by atoms with Gasteiger partial charge in [-0.3, -0.25) is 4.98 Å². The van der Waals surface area contributed by atoms with Crippen molar-refractivity contribution in [2.75, 3.05) is 5.32 Å². The summed E-state index contributed by atoms with van der Waals surface area (Å²) in [6.45, 7) is 4.09. The first-order chi connectivity index (χ1) is 13.2. The third-order valence-corrected chi connectivity index (χ3v) is 6.17. The molecule has 3 atom stereocenters. The largest absolute Gasteiger partial charge is 0.491 e. The minimum atomic E-state index is 0.171. The highest BCUT2D eigenvalue weighted by Gasteiger charge is 2.44. The topological polar surface area (TPSA) is 34.1 Å². The molecule has 2 aliphatic rings. The Morgan fingerprint density at radius 3 is 2.89 bits per heavy atom. The molecule has 0 saturated heterocycles. The summed E-state index contributed by atoms with van der Waals surface area (Å²) in [6.07, 6.45) is 5.79. The highest BCUT2D eigenvalue weighted by Crippen LogP contribution is 2.50. The lowest BCUT2D eigenvalue weighted by atomic mass is 9.60. The van der Waals surface area contributed by atoms with E-state index in [0.717, 1.165) is 23.1 Å². The molecule has 1 aromatic heterocycles. The number of nitrogens with zero attached hydrogens (tertiary/aromatic N) is 1. The smallest absolute Gasteiger partial charge is 0.121 e. The molecule has 1 N–H and O–H groups in total. The van der Waals surface area contributed by atoms with E-state index in [0.29, 0.717) is 6.04 Å². The zero-order valence-electron chi connectivity index (χ0n) is 16.0. The van der Waals surface area contributed by atoms with Crippen LogP contribution >= 0.6 is 0 Å². The number of anilines is 1. The fraction of sp³-hybridized carbons (Fsp3) is 0.375. The summed E-state index contributed by atoms with van der Waals surface area (Å²) in [7, 11) is 0. The van der Waals surface area contributed by atoms with Gasteiger partial charge in [0.1, 0.15) is 5.75 Å². The Bertz CT molecular complexity index is 981. The number of pyridine rings is 1. The van der Waals surface area contributed by atoms with Crippen molar-refractivity contribution in [1.29, 1.82) is 0 Å². The van der Waals surface area contributed by atoms with E-state index >= 15 is 0 Å². The maximum Gasteiger partial charge on any atom is 0.121 e. The van der Waals surface area contributed by atoms with E-state index in [1.807, 2.05) is 26.1 Å². The van der Waals surface area contributed by atoms with E-state index in [1.54, 1.807) is 11.1 Å². The summed E-state index contributed by atoms with van der Waals surface area (Å²) in [5.41, 5.74) is 5.33. The molecule has 0 radical (unpaired) electrons. The molecule has 138 valence electrons. The molecular weight excluding hydrogens is 332 g/mol. The van der Waals surface area contributed by atoms with Gasteiger partial charge in [-0.2, -0.15) is 0 Å². The summed E-state index contributed by atoms with van der Waals surface area (Å²) in [5.74, 6) is 2.35. The zero-order valence-corrected chi connectivity index (χ0v) is 16.0. The molecular formula is C24H26N2O. The van der Waals surface area contributed by atoms with Crippen LogP contribution in [0.4, 0.5) is 5.69 Å². The number of aromatic nitrogens is 1. The van der Waals surface area contributed by atoms with Crippen LogP contribution in [0.1, 0.15) is 43.7 Å². The molecule has 0 spiro atoms. The number of benzene rings is 2. The Balaban J connectivity index is 1.37. The van der Waals surface area contributed by atoms with Gasteiger partial charge in [-0.25, -0.2) is 0 Å². The van der Waals surface area contributed by atoms with Crippen molar-refractivity contribution in [3.8, 4) is 5.75 Å². The molecule has 2 aromatic carbocycles. The molecule has 3 nitrogen and oxygen atoms in total. The van der Waals surface area contributed by atoms with Crippen LogP contribution in [0.3, 0.4) is 0 Å². The summed E-state index contributed by atoms with van der Waals surface area (Å²) < 4.78 is 5.82. The predicted octanol–water partition coefficient (Wildman–Crippen LogP) is 5.55. The van der Waals surface area contributed by atoms with Crippen LogP contribution in [0.5, 0.6) is 5.75 Å². The lowest BCUT2D eigenvalue weighted by Crippen LogP contribution is -2.47. The predicted molar refractivity (Wildman–Crippen MR) is 111 cm³/mol. The van der Waals surface area contributed by atoms with Crippen molar-refractivity contribution in [3.63, 3.8) is 0 Å². The van der Waals surface area contributed by atoms with Crippen molar-refractivity contribution in [3.05, 3.63) is 65.9 Å². The Morgan fingerprint density at radius 2 is 2.00 bits per heavy atom. The Labute approximate surface area is 160 Å². The maximum absolute atomic E-state index is 5.82. The summed E-state index contributed by atoms with van der Waals surface area (Å²) in [6, 6.07) is 17.9. The minimum absolute atomic E-state index is 0.171. The lowest BCUT2D eigenvalue weighted by Gasteiger charge is -2.49. The molecule has 2 aliphatic carbocycles. The molecule has 3 aromatic rings. The number of rotatable bonds is 4. The normalized spacial score (nSPS) is 23.4. The third kappa shape index (κ3) is 2.95. The van der Waals surface area contributed by atoms with Crippen LogP contribution in [0.2, 0.25) is 0 Å². The Kier molecular flexibility index (Phi) is 4.04. The zero-order chi connectivity index (χ0) is 18.4. The number of aryl methyl sites for hydroxylation is 1.